The fourth-order valence-corrected chi connectivity index (χ4v) is 3.39. The zero-order valence-electron chi connectivity index (χ0n) is 16.1. The average Bonchev–Trinajstić information content (AvgIpc) is 3.04. The first-order valence-electron chi connectivity index (χ1n) is 9.02. The summed E-state index contributed by atoms with van der Waals surface area (Å²) in [6, 6.07) is 8.02. The maximum atomic E-state index is 13.1. The summed E-state index contributed by atoms with van der Waals surface area (Å²) in [6.45, 7) is 3.72. The van der Waals surface area contributed by atoms with E-state index in [0.29, 0.717) is 25.7 Å². The predicted octanol–water partition coefficient (Wildman–Crippen LogP) is 2.90. The molecule has 1 aromatic carbocycles. The van der Waals surface area contributed by atoms with Gasteiger partial charge in [0.2, 0.25) is 0 Å². The van der Waals surface area contributed by atoms with Crippen molar-refractivity contribution in [3.8, 4) is 0 Å². The highest BCUT2D eigenvalue weighted by atomic mass is 19.4. The molecule has 0 amide bonds. The molecule has 1 atom stereocenters. The van der Waals surface area contributed by atoms with Crippen LogP contribution in [-0.2, 0) is 24.5 Å². The summed E-state index contributed by atoms with van der Waals surface area (Å²) in [5.41, 5.74) is 1.45. The number of hydrogen-bond acceptors (Lipinski definition) is 3. The molecule has 3 rings (SSSR count). The summed E-state index contributed by atoms with van der Waals surface area (Å²) in [5.74, 6) is 0.541. The average molecular weight is 395 g/mol. The van der Waals surface area contributed by atoms with Crippen LogP contribution >= 0.6 is 0 Å². The minimum absolute atomic E-state index is 0.0122. The summed E-state index contributed by atoms with van der Waals surface area (Å²) in [5, 5.41) is 6.57. The van der Waals surface area contributed by atoms with E-state index in [-0.39, 0.29) is 18.2 Å². The number of aliphatic imine (C=N–C) groups is 1. The van der Waals surface area contributed by atoms with Crippen LogP contribution in [-0.4, -0.2) is 47.4 Å². The molecule has 152 valence electrons. The molecule has 1 fully saturated rings. The highest BCUT2D eigenvalue weighted by Gasteiger charge is 2.37. The van der Waals surface area contributed by atoms with Crippen LogP contribution in [0.3, 0.4) is 0 Å². The van der Waals surface area contributed by atoms with Gasteiger partial charge in [-0.05, 0) is 18.1 Å². The smallest absolute Gasteiger partial charge is 0.370 e. The van der Waals surface area contributed by atoms with Gasteiger partial charge < -0.3 is 15.0 Å². The molecule has 28 heavy (non-hydrogen) atoms. The third kappa shape index (κ3) is 4.46. The van der Waals surface area contributed by atoms with Crippen molar-refractivity contribution in [3.63, 3.8) is 0 Å². The van der Waals surface area contributed by atoms with Gasteiger partial charge >= 0.3 is 6.18 Å². The molecule has 1 unspecified atom stereocenters. The molecular formula is C19H24F3N5O. The van der Waals surface area contributed by atoms with Crippen molar-refractivity contribution in [1.29, 1.82) is 0 Å². The van der Waals surface area contributed by atoms with Crippen molar-refractivity contribution in [2.24, 2.45) is 12.0 Å². The quantitative estimate of drug-likeness (QED) is 0.642. The summed E-state index contributed by atoms with van der Waals surface area (Å²) in [4.78, 5) is 6.25. The lowest BCUT2D eigenvalue weighted by Gasteiger charge is -2.35. The molecule has 0 radical (unpaired) electrons. The molecule has 1 aromatic heterocycles. The molecule has 1 N–H and O–H groups in total. The number of morpholine rings is 1. The topological polar surface area (TPSA) is 54.7 Å². The number of benzene rings is 1. The van der Waals surface area contributed by atoms with Gasteiger partial charge in [-0.2, -0.15) is 18.3 Å². The van der Waals surface area contributed by atoms with Crippen LogP contribution in [0.4, 0.5) is 13.2 Å². The molecule has 0 spiro atoms. The number of guanidine groups is 1. The molecular weight excluding hydrogens is 371 g/mol. The highest BCUT2D eigenvalue weighted by molar-refractivity contribution is 5.80. The lowest BCUT2D eigenvalue weighted by molar-refractivity contribution is -0.142. The van der Waals surface area contributed by atoms with E-state index in [1.807, 2.05) is 36.1 Å². The van der Waals surface area contributed by atoms with E-state index in [9.17, 15) is 13.2 Å². The van der Waals surface area contributed by atoms with Crippen LogP contribution in [0, 0.1) is 6.92 Å². The molecule has 1 saturated heterocycles. The highest BCUT2D eigenvalue weighted by Crippen LogP contribution is 2.30. The number of nitrogens with one attached hydrogen (secondary N) is 1. The number of alkyl halides is 3. The minimum Gasteiger partial charge on any atom is -0.370 e. The van der Waals surface area contributed by atoms with Gasteiger partial charge in [0, 0.05) is 38.9 Å². The second kappa shape index (κ2) is 8.22. The Morgan fingerprint density at radius 2 is 2.11 bits per heavy atom. The molecule has 0 aliphatic carbocycles. The molecule has 1 aliphatic rings. The molecule has 1 aliphatic heterocycles. The van der Waals surface area contributed by atoms with Gasteiger partial charge in [-0.15, -0.1) is 0 Å². The van der Waals surface area contributed by atoms with Gasteiger partial charge in [0.05, 0.1) is 13.2 Å². The van der Waals surface area contributed by atoms with E-state index < -0.39 is 11.9 Å². The van der Waals surface area contributed by atoms with Gasteiger partial charge in [-0.25, -0.2) is 0 Å². The Kier molecular flexibility index (Phi) is 5.93. The van der Waals surface area contributed by atoms with Crippen molar-refractivity contribution in [2.75, 3.05) is 26.7 Å². The second-order valence-corrected chi connectivity index (χ2v) is 6.74. The third-order valence-electron chi connectivity index (χ3n) is 4.72. The number of aromatic nitrogens is 2. The summed E-state index contributed by atoms with van der Waals surface area (Å²) >= 11 is 0. The standard InChI is InChI=1S/C19H24F3N5O/c1-13-6-4-5-7-15(13)16-12-27(8-9-28-16)18(23-2)24-10-14-11-26(3)25-17(14)19(20,21)22/h4-7,11,16H,8-10,12H2,1-3H3,(H,23,24). The van der Waals surface area contributed by atoms with Gasteiger partial charge in [0.1, 0.15) is 6.10 Å². The Morgan fingerprint density at radius 1 is 1.36 bits per heavy atom. The van der Waals surface area contributed by atoms with Crippen molar-refractivity contribution < 1.29 is 17.9 Å². The fraction of sp³-hybridized carbons (Fsp3) is 0.474. The number of aryl methyl sites for hydroxylation is 2. The Morgan fingerprint density at radius 3 is 2.79 bits per heavy atom. The van der Waals surface area contributed by atoms with Crippen LogP contribution in [0.15, 0.2) is 35.5 Å². The number of ether oxygens (including phenoxy) is 1. The molecule has 9 heteroatoms. The monoisotopic (exact) mass is 395 g/mol. The zero-order valence-corrected chi connectivity index (χ0v) is 16.1. The van der Waals surface area contributed by atoms with Crippen molar-refractivity contribution in [2.45, 2.75) is 25.7 Å². The van der Waals surface area contributed by atoms with Crippen LogP contribution in [0.5, 0.6) is 0 Å². The molecule has 2 heterocycles. The van der Waals surface area contributed by atoms with Crippen molar-refractivity contribution in [1.82, 2.24) is 20.0 Å². The number of hydrogen-bond donors (Lipinski definition) is 1. The maximum absolute atomic E-state index is 13.1. The maximum Gasteiger partial charge on any atom is 0.435 e. The summed E-state index contributed by atoms with van der Waals surface area (Å²) in [7, 11) is 3.09. The normalized spacial score (nSPS) is 18.4. The van der Waals surface area contributed by atoms with E-state index in [1.54, 1.807) is 7.05 Å². The van der Waals surface area contributed by atoms with Crippen LogP contribution in [0.2, 0.25) is 0 Å². The zero-order chi connectivity index (χ0) is 20.3. The second-order valence-electron chi connectivity index (χ2n) is 6.74. The number of halogens is 3. The van der Waals surface area contributed by atoms with Crippen LogP contribution in [0.1, 0.15) is 28.5 Å². The molecule has 0 saturated carbocycles. The number of rotatable bonds is 3. The minimum atomic E-state index is -4.49. The first kappa shape index (κ1) is 20.2. The lowest BCUT2D eigenvalue weighted by atomic mass is 10.0. The molecule has 2 aromatic rings. The Hall–Kier alpha value is -2.55. The Labute approximate surface area is 162 Å². The number of nitrogens with zero attached hydrogens (tertiary/aromatic N) is 4. The van der Waals surface area contributed by atoms with E-state index in [0.717, 1.165) is 11.1 Å². The fourth-order valence-electron chi connectivity index (χ4n) is 3.39. The van der Waals surface area contributed by atoms with E-state index in [4.69, 9.17) is 4.74 Å². The predicted molar refractivity (Wildman–Crippen MR) is 99.9 cm³/mol. The van der Waals surface area contributed by atoms with Gasteiger partial charge in [0.15, 0.2) is 11.7 Å². The largest absolute Gasteiger partial charge is 0.435 e. The van der Waals surface area contributed by atoms with Gasteiger partial charge in [-0.3, -0.25) is 9.67 Å². The first-order valence-corrected chi connectivity index (χ1v) is 9.02. The van der Waals surface area contributed by atoms with Gasteiger partial charge in [0.25, 0.3) is 0 Å². The SMILES string of the molecule is CN=C(NCc1cn(C)nc1C(F)(F)F)N1CCOC(c2ccccc2C)C1. The van der Waals surface area contributed by atoms with Crippen molar-refractivity contribution in [3.05, 3.63) is 52.8 Å². The molecule has 6 nitrogen and oxygen atoms in total. The van der Waals surface area contributed by atoms with Crippen LogP contribution < -0.4 is 5.32 Å². The van der Waals surface area contributed by atoms with Gasteiger partial charge in [-0.1, -0.05) is 24.3 Å². The third-order valence-corrected chi connectivity index (χ3v) is 4.72. The Bertz CT molecular complexity index is 846. The first-order chi connectivity index (χ1) is 13.3. The lowest BCUT2D eigenvalue weighted by Crippen LogP contribution is -2.48. The summed E-state index contributed by atoms with van der Waals surface area (Å²) < 4.78 is 46.5. The van der Waals surface area contributed by atoms with E-state index in [1.165, 1.54) is 17.9 Å². The van der Waals surface area contributed by atoms with Crippen LogP contribution in [0.25, 0.3) is 0 Å². The Balaban J connectivity index is 1.70. The summed E-state index contributed by atoms with van der Waals surface area (Å²) in [6.07, 6.45) is -3.23. The van der Waals surface area contributed by atoms with E-state index >= 15 is 0 Å². The van der Waals surface area contributed by atoms with Crippen molar-refractivity contribution >= 4 is 5.96 Å². The molecule has 0 bridgehead atoms. The van der Waals surface area contributed by atoms with E-state index in [2.05, 4.69) is 15.4 Å².